The van der Waals surface area contributed by atoms with E-state index in [9.17, 15) is 9.59 Å². The number of carbonyl (C=O) groups excluding carboxylic acids is 2. The number of imide groups is 1. The highest BCUT2D eigenvalue weighted by Crippen LogP contribution is 2.46. The zero-order chi connectivity index (χ0) is 17.6. The fourth-order valence-electron chi connectivity index (χ4n) is 4.09. The van der Waals surface area contributed by atoms with E-state index >= 15 is 0 Å². The first-order chi connectivity index (χ1) is 12.1. The van der Waals surface area contributed by atoms with Gasteiger partial charge >= 0.3 is 0 Å². The van der Waals surface area contributed by atoms with Gasteiger partial charge in [0.25, 0.3) is 0 Å². The van der Waals surface area contributed by atoms with Crippen LogP contribution in [0.15, 0.2) is 48.5 Å². The number of amides is 2. The van der Waals surface area contributed by atoms with Gasteiger partial charge in [0.05, 0.1) is 27.6 Å². The van der Waals surface area contributed by atoms with E-state index < -0.39 is 0 Å². The van der Waals surface area contributed by atoms with Crippen molar-refractivity contribution in [1.29, 1.82) is 0 Å². The van der Waals surface area contributed by atoms with Crippen LogP contribution < -0.4 is 4.90 Å². The third-order valence-corrected chi connectivity index (χ3v) is 6.10. The summed E-state index contributed by atoms with van der Waals surface area (Å²) in [6.07, 6.45) is 2.39. The van der Waals surface area contributed by atoms with Crippen molar-refractivity contribution >= 4 is 40.7 Å². The molecule has 0 unspecified atom stereocenters. The van der Waals surface area contributed by atoms with Gasteiger partial charge in [0, 0.05) is 0 Å². The minimum absolute atomic E-state index is 0.111. The fraction of sp³-hybridized carbons (Fsp3) is 0.300. The van der Waals surface area contributed by atoms with E-state index in [1.807, 2.05) is 18.2 Å². The highest BCUT2D eigenvalue weighted by molar-refractivity contribution is 6.42. The molecule has 2 aromatic rings. The molecule has 25 heavy (non-hydrogen) atoms. The van der Waals surface area contributed by atoms with Crippen LogP contribution in [-0.4, -0.2) is 11.8 Å². The summed E-state index contributed by atoms with van der Waals surface area (Å²) in [5.74, 6) is -0.371. The molecule has 3 nitrogen and oxygen atoms in total. The van der Waals surface area contributed by atoms with Gasteiger partial charge in [-0.25, -0.2) is 0 Å². The molecule has 1 aliphatic carbocycles. The topological polar surface area (TPSA) is 37.4 Å². The summed E-state index contributed by atoms with van der Waals surface area (Å²) >= 11 is 12.0. The summed E-state index contributed by atoms with van der Waals surface area (Å²) in [5.41, 5.74) is 1.75. The first-order valence-electron chi connectivity index (χ1n) is 8.44. The number of halogens is 2. The maximum Gasteiger partial charge on any atom is 0.237 e. The predicted octanol–water partition coefficient (Wildman–Crippen LogP) is 5.07. The van der Waals surface area contributed by atoms with Gasteiger partial charge in [-0.15, -0.1) is 0 Å². The molecule has 0 aromatic heterocycles. The second-order valence-electron chi connectivity index (χ2n) is 6.74. The van der Waals surface area contributed by atoms with E-state index in [1.165, 1.54) is 10.5 Å². The molecule has 2 aromatic carbocycles. The predicted molar refractivity (Wildman–Crippen MR) is 99.0 cm³/mol. The van der Waals surface area contributed by atoms with Crippen LogP contribution in [0, 0.1) is 11.8 Å². The van der Waals surface area contributed by atoms with Crippen LogP contribution >= 0.6 is 23.2 Å². The Morgan fingerprint density at radius 2 is 1.56 bits per heavy atom. The van der Waals surface area contributed by atoms with Crippen LogP contribution in [0.1, 0.15) is 30.7 Å². The first-order valence-corrected chi connectivity index (χ1v) is 9.19. The van der Waals surface area contributed by atoms with E-state index in [0.29, 0.717) is 21.7 Å². The number of hydrogen-bond acceptors (Lipinski definition) is 2. The average Bonchev–Trinajstić information content (AvgIpc) is 2.89. The third-order valence-electron chi connectivity index (χ3n) is 5.36. The standard InChI is InChI=1S/C20H17Cl2NO2/c21-17-9-7-14(11-18(17)22)23-19(24)15-8-6-13(10-16(15)20(23)25)12-4-2-1-3-5-12/h1-5,7,9,11,13,15-16H,6,8,10H2/t13-,15+,16+/m0/s1. The van der Waals surface area contributed by atoms with Crippen LogP contribution in [-0.2, 0) is 9.59 Å². The van der Waals surface area contributed by atoms with Crippen molar-refractivity contribution in [3.63, 3.8) is 0 Å². The number of hydrogen-bond donors (Lipinski definition) is 0. The van der Waals surface area contributed by atoms with E-state index in [4.69, 9.17) is 23.2 Å². The van der Waals surface area contributed by atoms with Crippen LogP contribution in [0.5, 0.6) is 0 Å². The Hall–Kier alpha value is -1.84. The molecule has 1 saturated carbocycles. The van der Waals surface area contributed by atoms with Gasteiger partial charge in [0.15, 0.2) is 0 Å². The van der Waals surface area contributed by atoms with Gasteiger partial charge < -0.3 is 0 Å². The van der Waals surface area contributed by atoms with Gasteiger partial charge in [-0.05, 0) is 48.9 Å². The molecule has 1 saturated heterocycles. The van der Waals surface area contributed by atoms with Crippen LogP contribution in [0.3, 0.4) is 0 Å². The highest BCUT2D eigenvalue weighted by atomic mass is 35.5. The monoisotopic (exact) mass is 373 g/mol. The minimum Gasteiger partial charge on any atom is -0.274 e. The maximum absolute atomic E-state index is 13.0. The Balaban J connectivity index is 1.61. The van der Waals surface area contributed by atoms with Gasteiger partial charge in [-0.2, -0.15) is 0 Å². The smallest absolute Gasteiger partial charge is 0.237 e. The highest BCUT2D eigenvalue weighted by Gasteiger charge is 2.50. The summed E-state index contributed by atoms with van der Waals surface area (Å²) < 4.78 is 0. The van der Waals surface area contributed by atoms with Crippen molar-refractivity contribution in [2.24, 2.45) is 11.8 Å². The van der Waals surface area contributed by atoms with Crippen molar-refractivity contribution in [3.8, 4) is 0 Å². The molecule has 0 N–H and O–H groups in total. The molecule has 2 fully saturated rings. The van der Waals surface area contributed by atoms with Crippen LogP contribution in [0.2, 0.25) is 10.0 Å². The minimum atomic E-state index is -0.249. The summed E-state index contributed by atoms with van der Waals surface area (Å²) in [4.78, 5) is 27.1. The SMILES string of the molecule is O=C1[C@@H]2CC[C@H](c3ccccc3)C[C@H]2C(=O)N1c1ccc(Cl)c(Cl)c1. The maximum atomic E-state index is 13.0. The molecule has 0 bridgehead atoms. The lowest BCUT2D eigenvalue weighted by molar-refractivity contribution is -0.122. The number of nitrogens with zero attached hydrogens (tertiary/aromatic N) is 1. The third kappa shape index (κ3) is 2.86. The zero-order valence-corrected chi connectivity index (χ0v) is 15.0. The molecule has 5 heteroatoms. The Bertz CT molecular complexity index is 837. The van der Waals surface area contributed by atoms with Gasteiger partial charge in [-0.1, -0.05) is 53.5 Å². The number of carbonyl (C=O) groups is 2. The van der Waals surface area contributed by atoms with E-state index in [-0.39, 0.29) is 23.7 Å². The average molecular weight is 374 g/mol. The molecule has 1 aliphatic heterocycles. The molecular weight excluding hydrogens is 357 g/mol. The second kappa shape index (κ2) is 6.47. The molecular formula is C20H17Cl2NO2. The number of fused-ring (bicyclic) bond motifs is 1. The molecule has 0 radical (unpaired) electrons. The zero-order valence-electron chi connectivity index (χ0n) is 13.5. The normalized spacial score (nSPS) is 26.0. The quantitative estimate of drug-likeness (QED) is 0.689. The van der Waals surface area contributed by atoms with Crippen molar-refractivity contribution in [2.45, 2.75) is 25.2 Å². The van der Waals surface area contributed by atoms with Crippen molar-refractivity contribution in [3.05, 3.63) is 64.1 Å². The van der Waals surface area contributed by atoms with Gasteiger partial charge in [0.1, 0.15) is 0 Å². The Morgan fingerprint density at radius 1 is 0.840 bits per heavy atom. The van der Waals surface area contributed by atoms with E-state index in [0.717, 1.165) is 19.3 Å². The first kappa shape index (κ1) is 16.6. The molecule has 2 amide bonds. The molecule has 0 spiro atoms. The largest absolute Gasteiger partial charge is 0.274 e. The molecule has 3 atom stereocenters. The Kier molecular flexibility index (Phi) is 4.30. The van der Waals surface area contributed by atoms with Crippen LogP contribution in [0.25, 0.3) is 0 Å². The number of benzene rings is 2. The summed E-state index contributed by atoms with van der Waals surface area (Å²) in [6.45, 7) is 0. The van der Waals surface area contributed by atoms with Crippen molar-refractivity contribution in [2.75, 3.05) is 4.90 Å². The van der Waals surface area contributed by atoms with Crippen molar-refractivity contribution in [1.82, 2.24) is 0 Å². The molecule has 4 rings (SSSR count). The Labute approximate surface area is 156 Å². The lowest BCUT2D eigenvalue weighted by Gasteiger charge is -2.28. The van der Waals surface area contributed by atoms with Gasteiger partial charge in [-0.3, -0.25) is 14.5 Å². The van der Waals surface area contributed by atoms with Crippen LogP contribution in [0.4, 0.5) is 5.69 Å². The van der Waals surface area contributed by atoms with Crippen molar-refractivity contribution < 1.29 is 9.59 Å². The Morgan fingerprint density at radius 3 is 2.28 bits per heavy atom. The molecule has 2 aliphatic rings. The summed E-state index contributed by atoms with van der Waals surface area (Å²) in [6, 6.07) is 15.1. The number of anilines is 1. The molecule has 128 valence electrons. The lowest BCUT2D eigenvalue weighted by atomic mass is 9.73. The second-order valence-corrected chi connectivity index (χ2v) is 7.56. The van der Waals surface area contributed by atoms with E-state index in [1.54, 1.807) is 18.2 Å². The summed E-state index contributed by atoms with van der Waals surface area (Å²) in [5, 5.41) is 0.753. The van der Waals surface area contributed by atoms with E-state index in [2.05, 4.69) is 12.1 Å². The lowest BCUT2D eigenvalue weighted by Crippen LogP contribution is -2.30. The van der Waals surface area contributed by atoms with Gasteiger partial charge in [0.2, 0.25) is 11.8 Å². The number of rotatable bonds is 2. The fourth-order valence-corrected chi connectivity index (χ4v) is 4.38. The summed E-state index contributed by atoms with van der Waals surface area (Å²) in [7, 11) is 0. The molecule has 1 heterocycles.